The minimum atomic E-state index is -0.388. The van der Waals surface area contributed by atoms with E-state index in [0.29, 0.717) is 5.92 Å². The largest absolute Gasteiger partial charge is 0.366 e. The van der Waals surface area contributed by atoms with Crippen molar-refractivity contribution in [2.45, 2.75) is 31.6 Å². The van der Waals surface area contributed by atoms with Gasteiger partial charge in [0.2, 0.25) is 5.91 Å². The molecule has 0 saturated heterocycles. The zero-order chi connectivity index (χ0) is 11.4. The molecule has 1 aromatic carbocycles. The smallest absolute Gasteiger partial charge is 0.241 e. The maximum absolute atomic E-state index is 10.7. The topological polar surface area (TPSA) is 43.1 Å². The van der Waals surface area contributed by atoms with Crippen LogP contribution in [-0.2, 0) is 4.79 Å². The second kappa shape index (κ2) is 4.97. The number of hydrogen-bond acceptors (Lipinski definition) is 1. The number of carbonyl (C=O) groups is 1. The van der Waals surface area contributed by atoms with Crippen molar-refractivity contribution in [2.75, 3.05) is 0 Å². The van der Waals surface area contributed by atoms with E-state index in [1.807, 2.05) is 18.2 Å². The van der Waals surface area contributed by atoms with Gasteiger partial charge in [-0.3, -0.25) is 4.79 Å². The normalized spacial score (nSPS) is 17.0. The monoisotopic (exact) mass is 215 g/mol. The first-order valence-electron chi connectivity index (χ1n) is 5.84. The molecular weight excluding hydrogens is 198 g/mol. The molecular formula is C14H17NO. The molecule has 0 radical (unpaired) electrons. The van der Waals surface area contributed by atoms with Crippen molar-refractivity contribution in [3.05, 3.63) is 41.5 Å². The number of amides is 1. The molecule has 0 aliphatic heterocycles. The Balaban J connectivity index is 2.26. The van der Waals surface area contributed by atoms with Crippen molar-refractivity contribution in [2.24, 2.45) is 5.73 Å². The Morgan fingerprint density at radius 2 is 1.94 bits per heavy atom. The standard InChI is InChI=1S/C14H17NO/c15-14(16)10-9-12-7-3-4-8-13(12)11-5-1-2-6-11/h3-4,7-11H,1-2,5-6H2,(H2,15,16). The van der Waals surface area contributed by atoms with Crippen molar-refractivity contribution >= 4 is 12.0 Å². The summed E-state index contributed by atoms with van der Waals surface area (Å²) < 4.78 is 0. The highest BCUT2D eigenvalue weighted by Crippen LogP contribution is 2.35. The van der Waals surface area contributed by atoms with Gasteiger partial charge in [0, 0.05) is 6.08 Å². The first-order valence-corrected chi connectivity index (χ1v) is 5.84. The number of rotatable bonds is 3. The summed E-state index contributed by atoms with van der Waals surface area (Å²) in [6.07, 6.45) is 8.43. The first-order chi connectivity index (χ1) is 7.77. The van der Waals surface area contributed by atoms with E-state index in [9.17, 15) is 4.79 Å². The average Bonchev–Trinajstić information content (AvgIpc) is 2.80. The van der Waals surface area contributed by atoms with Crippen LogP contribution < -0.4 is 5.73 Å². The van der Waals surface area contributed by atoms with Crippen LogP contribution in [0.25, 0.3) is 6.08 Å². The lowest BCUT2D eigenvalue weighted by Crippen LogP contribution is -2.05. The van der Waals surface area contributed by atoms with E-state index < -0.39 is 0 Å². The Labute approximate surface area is 96.2 Å². The van der Waals surface area contributed by atoms with Crippen LogP contribution in [0.4, 0.5) is 0 Å². The van der Waals surface area contributed by atoms with E-state index in [0.717, 1.165) is 5.56 Å². The number of hydrogen-bond donors (Lipinski definition) is 1. The van der Waals surface area contributed by atoms with Crippen LogP contribution in [0.3, 0.4) is 0 Å². The van der Waals surface area contributed by atoms with E-state index >= 15 is 0 Å². The third-order valence-corrected chi connectivity index (χ3v) is 3.22. The van der Waals surface area contributed by atoms with Crippen LogP contribution in [0.1, 0.15) is 42.7 Å². The van der Waals surface area contributed by atoms with E-state index in [4.69, 9.17) is 5.73 Å². The van der Waals surface area contributed by atoms with E-state index in [2.05, 4.69) is 12.1 Å². The fourth-order valence-corrected chi connectivity index (χ4v) is 2.44. The minimum Gasteiger partial charge on any atom is -0.366 e. The summed E-state index contributed by atoms with van der Waals surface area (Å²) in [5.41, 5.74) is 7.61. The minimum absolute atomic E-state index is 0.388. The van der Waals surface area contributed by atoms with Gasteiger partial charge in [-0.1, -0.05) is 37.1 Å². The zero-order valence-electron chi connectivity index (χ0n) is 9.36. The maximum atomic E-state index is 10.7. The zero-order valence-corrected chi connectivity index (χ0v) is 9.36. The number of primary amides is 1. The van der Waals surface area contributed by atoms with Crippen LogP contribution >= 0.6 is 0 Å². The fourth-order valence-electron chi connectivity index (χ4n) is 2.44. The van der Waals surface area contributed by atoms with Gasteiger partial charge >= 0.3 is 0 Å². The summed E-state index contributed by atoms with van der Waals surface area (Å²) in [6.45, 7) is 0. The van der Waals surface area contributed by atoms with Crippen molar-refractivity contribution in [3.8, 4) is 0 Å². The van der Waals surface area contributed by atoms with Crippen molar-refractivity contribution in [1.82, 2.24) is 0 Å². The van der Waals surface area contributed by atoms with Crippen molar-refractivity contribution in [3.63, 3.8) is 0 Å². The highest BCUT2D eigenvalue weighted by molar-refractivity contribution is 5.90. The Hall–Kier alpha value is -1.57. The highest BCUT2D eigenvalue weighted by atomic mass is 16.1. The van der Waals surface area contributed by atoms with Gasteiger partial charge in [-0.2, -0.15) is 0 Å². The molecule has 2 rings (SSSR count). The lowest BCUT2D eigenvalue weighted by atomic mass is 9.93. The molecule has 1 amide bonds. The van der Waals surface area contributed by atoms with Gasteiger partial charge in [0.05, 0.1) is 0 Å². The van der Waals surface area contributed by atoms with Gasteiger partial charge in [0.15, 0.2) is 0 Å². The number of nitrogens with two attached hydrogens (primary N) is 1. The van der Waals surface area contributed by atoms with Gasteiger partial charge in [0.1, 0.15) is 0 Å². The van der Waals surface area contributed by atoms with Gasteiger partial charge in [-0.05, 0) is 36.0 Å². The molecule has 2 nitrogen and oxygen atoms in total. The predicted molar refractivity (Wildman–Crippen MR) is 65.9 cm³/mol. The molecule has 0 aromatic heterocycles. The molecule has 0 heterocycles. The second-order valence-electron chi connectivity index (χ2n) is 4.35. The molecule has 2 heteroatoms. The Bertz CT molecular complexity index is 403. The molecule has 16 heavy (non-hydrogen) atoms. The lowest BCUT2D eigenvalue weighted by Gasteiger charge is -2.12. The van der Waals surface area contributed by atoms with Gasteiger partial charge in [-0.15, -0.1) is 0 Å². The third-order valence-electron chi connectivity index (χ3n) is 3.22. The molecule has 0 bridgehead atoms. The summed E-state index contributed by atoms with van der Waals surface area (Å²) in [4.78, 5) is 10.7. The SMILES string of the molecule is NC(=O)C=Cc1ccccc1C1CCCC1. The first kappa shape index (κ1) is 10.9. The maximum Gasteiger partial charge on any atom is 0.241 e. The van der Waals surface area contributed by atoms with Crippen LogP contribution in [0.15, 0.2) is 30.3 Å². The number of carbonyl (C=O) groups excluding carboxylic acids is 1. The molecule has 1 aliphatic rings. The molecule has 1 fully saturated rings. The Morgan fingerprint density at radius 1 is 1.25 bits per heavy atom. The molecule has 1 saturated carbocycles. The Kier molecular flexibility index (Phi) is 3.40. The fraction of sp³-hybridized carbons (Fsp3) is 0.357. The average molecular weight is 215 g/mol. The van der Waals surface area contributed by atoms with Gasteiger partial charge in [-0.25, -0.2) is 0 Å². The third kappa shape index (κ3) is 2.51. The van der Waals surface area contributed by atoms with Gasteiger partial charge < -0.3 is 5.73 Å². The van der Waals surface area contributed by atoms with Crippen LogP contribution in [0.5, 0.6) is 0 Å². The molecule has 0 atom stereocenters. The molecule has 1 aliphatic carbocycles. The lowest BCUT2D eigenvalue weighted by molar-refractivity contribution is -0.113. The summed E-state index contributed by atoms with van der Waals surface area (Å²) in [6, 6.07) is 8.28. The highest BCUT2D eigenvalue weighted by Gasteiger charge is 2.18. The molecule has 84 valence electrons. The van der Waals surface area contributed by atoms with Crippen LogP contribution in [-0.4, -0.2) is 5.91 Å². The summed E-state index contributed by atoms with van der Waals surface area (Å²) >= 11 is 0. The summed E-state index contributed by atoms with van der Waals surface area (Å²) in [5, 5.41) is 0. The van der Waals surface area contributed by atoms with Crippen molar-refractivity contribution in [1.29, 1.82) is 0 Å². The summed E-state index contributed by atoms with van der Waals surface area (Å²) in [5.74, 6) is 0.273. The quantitative estimate of drug-likeness (QED) is 0.774. The molecule has 2 N–H and O–H groups in total. The van der Waals surface area contributed by atoms with Gasteiger partial charge in [0.25, 0.3) is 0 Å². The van der Waals surface area contributed by atoms with Crippen molar-refractivity contribution < 1.29 is 4.79 Å². The molecule has 0 unspecified atom stereocenters. The van der Waals surface area contributed by atoms with E-state index in [-0.39, 0.29) is 5.91 Å². The summed E-state index contributed by atoms with van der Waals surface area (Å²) in [7, 11) is 0. The van der Waals surface area contributed by atoms with Crippen LogP contribution in [0.2, 0.25) is 0 Å². The predicted octanol–water partition coefficient (Wildman–Crippen LogP) is 2.84. The van der Waals surface area contributed by atoms with Crippen LogP contribution in [0, 0.1) is 0 Å². The van der Waals surface area contributed by atoms with E-state index in [1.165, 1.54) is 37.3 Å². The molecule has 1 aromatic rings. The second-order valence-corrected chi connectivity index (χ2v) is 4.35. The number of benzene rings is 1. The molecule has 0 spiro atoms. The Morgan fingerprint density at radius 3 is 2.62 bits per heavy atom. The van der Waals surface area contributed by atoms with E-state index in [1.54, 1.807) is 0 Å².